The van der Waals surface area contributed by atoms with Crippen molar-refractivity contribution in [3.63, 3.8) is 0 Å². The molecule has 1 rings (SSSR count). The number of allylic oxidation sites excluding steroid dienone is 10. The Balaban J connectivity index is 2.45. The largest absolute Gasteiger partial charge is 0.0842 e. The molecule has 0 nitrogen and oxygen atoms in total. The minimum absolute atomic E-state index is 1.00. The Morgan fingerprint density at radius 1 is 0.643 bits per heavy atom. The molecule has 1 aliphatic carbocycles. The molecule has 0 amide bonds. The van der Waals surface area contributed by atoms with Crippen LogP contribution in [0.1, 0.15) is 25.7 Å². The lowest BCUT2D eigenvalue weighted by Gasteiger charge is -1.86. The second-order valence-electron chi connectivity index (χ2n) is 3.16. The van der Waals surface area contributed by atoms with Crippen LogP contribution in [0.5, 0.6) is 0 Å². The first kappa shape index (κ1) is 10.8. The van der Waals surface area contributed by atoms with Crippen molar-refractivity contribution in [2.45, 2.75) is 25.7 Å². The average molecular weight is 185 g/mol. The second-order valence-corrected chi connectivity index (χ2v) is 3.16. The molecule has 0 aliphatic heterocycles. The predicted octanol–water partition coefficient (Wildman–Crippen LogP) is 4.14. The SMILES string of the molecule is [C]1=CC=CCCC=CC=CC=CCC1. The van der Waals surface area contributed by atoms with E-state index in [4.69, 9.17) is 0 Å². The molecular weight excluding hydrogens is 168 g/mol. The van der Waals surface area contributed by atoms with Crippen molar-refractivity contribution in [3.8, 4) is 0 Å². The molecule has 0 atom stereocenters. The summed E-state index contributed by atoms with van der Waals surface area (Å²) in [5.41, 5.74) is 0. The van der Waals surface area contributed by atoms with Gasteiger partial charge in [0.15, 0.2) is 0 Å². The summed E-state index contributed by atoms with van der Waals surface area (Å²) in [7, 11) is 0. The Morgan fingerprint density at radius 2 is 1.29 bits per heavy atom. The third-order valence-electron chi connectivity index (χ3n) is 1.91. The van der Waals surface area contributed by atoms with Gasteiger partial charge in [0.1, 0.15) is 0 Å². The maximum atomic E-state index is 3.23. The Hall–Kier alpha value is -1.30. The van der Waals surface area contributed by atoms with Crippen LogP contribution in [0.3, 0.4) is 0 Å². The van der Waals surface area contributed by atoms with Gasteiger partial charge in [-0.05, 0) is 31.8 Å². The van der Waals surface area contributed by atoms with Gasteiger partial charge in [0.25, 0.3) is 0 Å². The van der Waals surface area contributed by atoms with Crippen LogP contribution >= 0.6 is 0 Å². The van der Waals surface area contributed by atoms with Crippen molar-refractivity contribution in [1.82, 2.24) is 0 Å². The summed E-state index contributed by atoms with van der Waals surface area (Å²) in [4.78, 5) is 0. The lowest BCUT2D eigenvalue weighted by atomic mass is 10.2. The van der Waals surface area contributed by atoms with Crippen molar-refractivity contribution in [2.24, 2.45) is 0 Å². The monoisotopic (exact) mass is 185 g/mol. The molecular formula is C14H17. The summed E-state index contributed by atoms with van der Waals surface area (Å²) in [6.45, 7) is 0. The summed E-state index contributed by atoms with van der Waals surface area (Å²) < 4.78 is 0. The van der Waals surface area contributed by atoms with Gasteiger partial charge in [0.05, 0.1) is 0 Å². The fraction of sp³-hybridized carbons (Fsp3) is 0.286. The van der Waals surface area contributed by atoms with E-state index in [1.807, 2.05) is 6.08 Å². The minimum Gasteiger partial charge on any atom is -0.0842 e. The van der Waals surface area contributed by atoms with Gasteiger partial charge in [0, 0.05) is 0 Å². The standard InChI is InChI=1S/C14H17/c1-2-4-6-8-10-12-14-13-11-9-7-5-3-1/h1-6,11,13-14H,7-10H2. The molecule has 0 fully saturated rings. The average Bonchev–Trinajstić information content (AvgIpc) is 2.22. The normalized spacial score (nSPS) is 18.3. The first-order chi connectivity index (χ1) is 7.00. The van der Waals surface area contributed by atoms with Gasteiger partial charge in [-0.15, -0.1) is 0 Å². The summed E-state index contributed by atoms with van der Waals surface area (Å²) in [6.07, 6.45) is 26.5. The smallest absolute Gasteiger partial charge is 0.0241 e. The van der Waals surface area contributed by atoms with Gasteiger partial charge in [-0.3, -0.25) is 0 Å². The lowest BCUT2D eigenvalue weighted by molar-refractivity contribution is 1.02. The maximum Gasteiger partial charge on any atom is -0.0241 e. The van der Waals surface area contributed by atoms with E-state index in [0.717, 1.165) is 25.7 Å². The Kier molecular flexibility index (Phi) is 6.39. The summed E-state index contributed by atoms with van der Waals surface area (Å²) in [5.74, 6) is 0. The van der Waals surface area contributed by atoms with E-state index in [1.165, 1.54) is 0 Å². The third kappa shape index (κ3) is 6.24. The highest BCUT2D eigenvalue weighted by Gasteiger charge is 1.77. The van der Waals surface area contributed by atoms with Crippen LogP contribution < -0.4 is 0 Å². The fourth-order valence-corrected chi connectivity index (χ4v) is 1.15. The van der Waals surface area contributed by atoms with Crippen molar-refractivity contribution >= 4 is 0 Å². The summed E-state index contributed by atoms with van der Waals surface area (Å²) in [5, 5.41) is 0. The van der Waals surface area contributed by atoms with E-state index in [-0.39, 0.29) is 0 Å². The van der Waals surface area contributed by atoms with E-state index < -0.39 is 0 Å². The van der Waals surface area contributed by atoms with Crippen molar-refractivity contribution in [2.75, 3.05) is 0 Å². The van der Waals surface area contributed by atoms with Gasteiger partial charge in [-0.2, -0.15) is 0 Å². The van der Waals surface area contributed by atoms with Crippen LogP contribution in [0, 0.1) is 6.08 Å². The highest BCUT2D eigenvalue weighted by atomic mass is 13.8. The quantitative estimate of drug-likeness (QED) is 0.532. The minimum atomic E-state index is 1.00. The molecule has 0 unspecified atom stereocenters. The van der Waals surface area contributed by atoms with E-state index in [9.17, 15) is 0 Å². The van der Waals surface area contributed by atoms with Gasteiger partial charge in [-0.1, -0.05) is 54.7 Å². The molecule has 0 heteroatoms. The van der Waals surface area contributed by atoms with Crippen LogP contribution in [0.25, 0.3) is 0 Å². The Morgan fingerprint density at radius 3 is 2.07 bits per heavy atom. The topological polar surface area (TPSA) is 0 Å². The zero-order valence-electron chi connectivity index (χ0n) is 8.52. The van der Waals surface area contributed by atoms with E-state index in [0.29, 0.717) is 0 Å². The predicted molar refractivity (Wildman–Crippen MR) is 62.8 cm³/mol. The molecule has 0 saturated heterocycles. The fourth-order valence-electron chi connectivity index (χ4n) is 1.15. The van der Waals surface area contributed by atoms with Crippen molar-refractivity contribution in [3.05, 3.63) is 60.8 Å². The molecule has 0 aromatic heterocycles. The van der Waals surface area contributed by atoms with Gasteiger partial charge >= 0.3 is 0 Å². The summed E-state index contributed by atoms with van der Waals surface area (Å²) in [6, 6.07) is 0. The van der Waals surface area contributed by atoms with Crippen LogP contribution in [-0.4, -0.2) is 0 Å². The molecule has 1 radical (unpaired) electrons. The number of hydrogen-bond donors (Lipinski definition) is 0. The van der Waals surface area contributed by atoms with Crippen LogP contribution in [0.4, 0.5) is 0 Å². The first-order valence-electron chi connectivity index (χ1n) is 5.20. The van der Waals surface area contributed by atoms with E-state index in [1.54, 1.807) is 0 Å². The van der Waals surface area contributed by atoms with E-state index in [2.05, 4.69) is 54.7 Å². The molecule has 1 aliphatic rings. The van der Waals surface area contributed by atoms with Crippen molar-refractivity contribution < 1.29 is 0 Å². The zero-order chi connectivity index (χ0) is 9.90. The molecule has 0 saturated carbocycles. The van der Waals surface area contributed by atoms with Gasteiger partial charge in [0.2, 0.25) is 0 Å². The van der Waals surface area contributed by atoms with E-state index >= 15 is 0 Å². The highest BCUT2D eigenvalue weighted by Crippen LogP contribution is 1.97. The molecule has 0 heterocycles. The highest BCUT2D eigenvalue weighted by molar-refractivity contribution is 5.11. The molecule has 0 aromatic carbocycles. The molecule has 73 valence electrons. The second kappa shape index (κ2) is 8.31. The molecule has 0 N–H and O–H groups in total. The molecule has 0 aromatic rings. The maximum absolute atomic E-state index is 3.23. The van der Waals surface area contributed by atoms with Crippen molar-refractivity contribution in [1.29, 1.82) is 0 Å². The van der Waals surface area contributed by atoms with Crippen LogP contribution in [0.2, 0.25) is 0 Å². The molecule has 0 bridgehead atoms. The Labute approximate surface area is 87.0 Å². The zero-order valence-corrected chi connectivity index (χ0v) is 8.52. The Bertz CT molecular complexity index is 234. The first-order valence-corrected chi connectivity index (χ1v) is 5.20. The van der Waals surface area contributed by atoms with Crippen LogP contribution in [-0.2, 0) is 0 Å². The molecule has 0 spiro atoms. The van der Waals surface area contributed by atoms with Gasteiger partial charge in [-0.25, -0.2) is 0 Å². The number of rotatable bonds is 0. The number of hydrogen-bond acceptors (Lipinski definition) is 0. The van der Waals surface area contributed by atoms with Crippen LogP contribution in [0.15, 0.2) is 54.7 Å². The molecule has 14 heavy (non-hydrogen) atoms. The third-order valence-corrected chi connectivity index (χ3v) is 1.91. The summed E-state index contributed by atoms with van der Waals surface area (Å²) >= 11 is 0. The lowest BCUT2D eigenvalue weighted by Crippen LogP contribution is -1.67. The van der Waals surface area contributed by atoms with Gasteiger partial charge < -0.3 is 0 Å².